The summed E-state index contributed by atoms with van der Waals surface area (Å²) in [5.74, 6) is -0.501. The summed E-state index contributed by atoms with van der Waals surface area (Å²) in [5, 5.41) is 6.51. The molecular weight excluding hydrogens is 531 g/mol. The van der Waals surface area contributed by atoms with Gasteiger partial charge in [0.2, 0.25) is 11.8 Å². The van der Waals surface area contributed by atoms with E-state index >= 15 is 0 Å². The van der Waals surface area contributed by atoms with Crippen molar-refractivity contribution in [2.24, 2.45) is 0 Å². The molecule has 188 valence electrons. The summed E-state index contributed by atoms with van der Waals surface area (Å²) >= 11 is 8.91. The number of pyridine rings is 1. The highest BCUT2D eigenvalue weighted by atomic mass is 35.5. The molecular formula is C28H22ClFN2O3S2. The van der Waals surface area contributed by atoms with Crippen LogP contribution in [0.3, 0.4) is 0 Å². The van der Waals surface area contributed by atoms with E-state index in [1.807, 2.05) is 22.9 Å². The predicted octanol–water partition coefficient (Wildman–Crippen LogP) is 6.05. The summed E-state index contributed by atoms with van der Waals surface area (Å²) in [6, 6.07) is 20.6. The highest BCUT2D eigenvalue weighted by molar-refractivity contribution is 8.01. The van der Waals surface area contributed by atoms with Crippen molar-refractivity contribution in [3.63, 3.8) is 0 Å². The Balaban J connectivity index is 1.38. The van der Waals surface area contributed by atoms with Gasteiger partial charge in [-0.05, 0) is 58.3 Å². The lowest BCUT2D eigenvalue weighted by atomic mass is 9.79. The van der Waals surface area contributed by atoms with Gasteiger partial charge in [0.15, 0.2) is 5.78 Å². The fourth-order valence-corrected chi connectivity index (χ4v) is 6.22. The van der Waals surface area contributed by atoms with E-state index in [4.69, 9.17) is 16.3 Å². The van der Waals surface area contributed by atoms with Crippen LogP contribution in [0.4, 0.5) is 4.39 Å². The van der Waals surface area contributed by atoms with Crippen LogP contribution in [0, 0.1) is 5.82 Å². The average Bonchev–Trinajstić information content (AvgIpc) is 3.44. The Morgan fingerprint density at radius 1 is 1.08 bits per heavy atom. The van der Waals surface area contributed by atoms with Crippen LogP contribution < -0.4 is 10.1 Å². The minimum Gasteiger partial charge on any atom is -0.477 e. The van der Waals surface area contributed by atoms with E-state index in [9.17, 15) is 14.0 Å². The lowest BCUT2D eigenvalue weighted by molar-refractivity contribution is -0.133. The fourth-order valence-electron chi connectivity index (χ4n) is 4.25. The Hall–Kier alpha value is -3.20. The summed E-state index contributed by atoms with van der Waals surface area (Å²) < 4.78 is 19.0. The number of hydrogen-bond acceptors (Lipinski definition) is 6. The van der Waals surface area contributed by atoms with Crippen molar-refractivity contribution in [1.29, 1.82) is 0 Å². The number of halogens is 2. The number of rotatable bonds is 8. The quantitative estimate of drug-likeness (QED) is 0.269. The molecule has 2 unspecified atom stereocenters. The molecule has 0 radical (unpaired) electrons. The van der Waals surface area contributed by atoms with Crippen molar-refractivity contribution >= 4 is 46.4 Å². The smallest absolute Gasteiger partial charge is 0.242 e. The van der Waals surface area contributed by atoms with Gasteiger partial charge in [0.25, 0.3) is 0 Å². The molecule has 3 heterocycles. The number of ether oxygens (including phenoxy) is 1. The number of carbonyl (C=O) groups excluding carboxylic acids is 2. The zero-order chi connectivity index (χ0) is 25.8. The molecule has 2 atom stereocenters. The van der Waals surface area contributed by atoms with Gasteiger partial charge >= 0.3 is 0 Å². The van der Waals surface area contributed by atoms with Gasteiger partial charge < -0.3 is 10.1 Å². The molecule has 0 aliphatic carbocycles. The van der Waals surface area contributed by atoms with Gasteiger partial charge in [0.1, 0.15) is 16.6 Å². The van der Waals surface area contributed by atoms with Gasteiger partial charge in [-0.2, -0.15) is 11.3 Å². The molecule has 0 bridgehead atoms. The first-order valence-corrected chi connectivity index (χ1v) is 13.8. The summed E-state index contributed by atoms with van der Waals surface area (Å²) in [7, 11) is 0. The van der Waals surface area contributed by atoms with Gasteiger partial charge in [-0.25, -0.2) is 9.37 Å². The Morgan fingerprint density at radius 2 is 1.89 bits per heavy atom. The molecule has 1 aliphatic heterocycles. The molecule has 2 aromatic heterocycles. The average molecular weight is 553 g/mol. The van der Waals surface area contributed by atoms with Crippen molar-refractivity contribution in [3.05, 3.63) is 111 Å². The van der Waals surface area contributed by atoms with Crippen LogP contribution in [-0.4, -0.2) is 28.5 Å². The van der Waals surface area contributed by atoms with Crippen LogP contribution >= 0.6 is 34.7 Å². The van der Waals surface area contributed by atoms with Crippen LogP contribution in [0.2, 0.25) is 5.02 Å². The Morgan fingerprint density at radius 3 is 2.62 bits per heavy atom. The first-order chi connectivity index (χ1) is 17.9. The fraction of sp³-hybridized carbons (Fsp3) is 0.179. The number of aromatic nitrogens is 1. The van der Waals surface area contributed by atoms with Crippen LogP contribution in [0.5, 0.6) is 5.88 Å². The van der Waals surface area contributed by atoms with Gasteiger partial charge in [-0.1, -0.05) is 41.9 Å². The SMILES string of the molecule is O=C1CC(c2ccsc2)(c2cccc(OCCc3ccc(F)cc3)n2)NC(=O)C1Sc1ccccc1Cl. The van der Waals surface area contributed by atoms with Crippen LogP contribution in [0.25, 0.3) is 0 Å². The standard InChI is InChI=1S/C28H22ClFN2O3S2/c29-21-4-1-2-5-23(21)37-26-22(33)16-28(32-27(26)34,19-13-15-36-17-19)24-6-3-7-25(31-24)35-14-12-18-8-10-20(30)11-9-18/h1-11,13,15,17,26H,12,14,16H2,(H,32,34). The molecule has 9 heteroatoms. The second-order valence-electron chi connectivity index (χ2n) is 8.56. The number of nitrogens with zero attached hydrogens (tertiary/aromatic N) is 1. The molecule has 4 aromatic rings. The molecule has 37 heavy (non-hydrogen) atoms. The Kier molecular flexibility index (Phi) is 7.60. The number of carbonyl (C=O) groups is 2. The largest absolute Gasteiger partial charge is 0.477 e. The molecule has 1 fully saturated rings. The number of thioether (sulfide) groups is 1. The lowest BCUT2D eigenvalue weighted by Gasteiger charge is -2.39. The van der Waals surface area contributed by atoms with Crippen molar-refractivity contribution in [1.82, 2.24) is 10.3 Å². The maximum Gasteiger partial charge on any atom is 0.242 e. The molecule has 2 aromatic carbocycles. The van der Waals surface area contributed by atoms with E-state index in [1.54, 1.807) is 48.5 Å². The zero-order valence-electron chi connectivity index (χ0n) is 19.5. The zero-order valence-corrected chi connectivity index (χ0v) is 21.9. The third-order valence-corrected chi connectivity index (χ3v) is 8.56. The second kappa shape index (κ2) is 11.0. The van der Waals surface area contributed by atoms with Crippen molar-refractivity contribution in [2.45, 2.75) is 28.5 Å². The maximum absolute atomic E-state index is 13.4. The first-order valence-electron chi connectivity index (χ1n) is 11.6. The number of amides is 1. The van der Waals surface area contributed by atoms with Crippen LogP contribution in [0.15, 0.2) is 88.5 Å². The minimum absolute atomic E-state index is 0.0453. The number of nitrogens with one attached hydrogen (secondary N) is 1. The molecule has 5 nitrogen and oxygen atoms in total. The van der Waals surface area contributed by atoms with E-state index in [0.29, 0.717) is 34.5 Å². The minimum atomic E-state index is -1.11. The summed E-state index contributed by atoms with van der Waals surface area (Å²) in [6.45, 7) is 0.343. The van der Waals surface area contributed by atoms with Crippen molar-refractivity contribution in [2.75, 3.05) is 6.61 Å². The molecule has 1 aliphatic rings. The Bertz CT molecular complexity index is 1400. The summed E-state index contributed by atoms with van der Waals surface area (Å²) in [4.78, 5) is 32.2. The number of Topliss-reactive ketones (excluding diaryl/α,β-unsaturated/α-hetero) is 1. The van der Waals surface area contributed by atoms with Gasteiger partial charge in [0, 0.05) is 23.8 Å². The molecule has 0 saturated carbocycles. The highest BCUT2D eigenvalue weighted by Crippen LogP contribution is 2.41. The third-order valence-electron chi connectivity index (χ3n) is 6.12. The molecule has 1 saturated heterocycles. The highest BCUT2D eigenvalue weighted by Gasteiger charge is 2.48. The van der Waals surface area contributed by atoms with Gasteiger partial charge in [0.05, 0.1) is 17.3 Å². The number of ketones is 1. The van der Waals surface area contributed by atoms with Crippen molar-refractivity contribution < 1.29 is 18.7 Å². The topological polar surface area (TPSA) is 68.3 Å². The van der Waals surface area contributed by atoms with E-state index in [2.05, 4.69) is 10.3 Å². The summed E-state index contributed by atoms with van der Waals surface area (Å²) in [5.41, 5.74) is 1.14. The number of thiophene rings is 1. The monoisotopic (exact) mass is 552 g/mol. The van der Waals surface area contributed by atoms with Crippen LogP contribution in [0.1, 0.15) is 23.2 Å². The maximum atomic E-state index is 13.4. The molecule has 5 rings (SSSR count). The number of hydrogen-bond donors (Lipinski definition) is 1. The van der Waals surface area contributed by atoms with Crippen molar-refractivity contribution in [3.8, 4) is 5.88 Å². The number of benzene rings is 2. The van der Waals surface area contributed by atoms with Gasteiger partial charge in [-0.15, -0.1) is 11.8 Å². The normalized spacial score (nSPS) is 19.5. The molecule has 0 spiro atoms. The second-order valence-corrected chi connectivity index (χ2v) is 10.9. The van der Waals surface area contributed by atoms with Gasteiger partial charge in [-0.3, -0.25) is 9.59 Å². The Labute approximate surface area is 227 Å². The van der Waals surface area contributed by atoms with Crippen LogP contribution in [-0.2, 0) is 21.5 Å². The first kappa shape index (κ1) is 25.4. The third kappa shape index (κ3) is 5.56. The van der Waals surface area contributed by atoms with E-state index in [0.717, 1.165) is 22.9 Å². The molecule has 1 N–H and O–H groups in total. The summed E-state index contributed by atoms with van der Waals surface area (Å²) in [6.07, 6.45) is 0.627. The van der Waals surface area contributed by atoms with E-state index in [1.165, 1.54) is 23.5 Å². The molecule has 1 amide bonds. The predicted molar refractivity (Wildman–Crippen MR) is 144 cm³/mol. The van der Waals surface area contributed by atoms with E-state index < -0.39 is 16.7 Å². The lowest BCUT2D eigenvalue weighted by Crippen LogP contribution is -2.58. The number of piperidine rings is 1. The van der Waals surface area contributed by atoms with E-state index in [-0.39, 0.29) is 18.0 Å².